The molecule has 0 spiro atoms. The Hall–Kier alpha value is -0.570. The van der Waals surface area contributed by atoms with Crippen LogP contribution in [0.4, 0.5) is 0 Å². The molecular weight excluding hydrogens is 262 g/mol. The lowest BCUT2D eigenvalue weighted by atomic mass is 9.84. The van der Waals surface area contributed by atoms with Gasteiger partial charge in [0, 0.05) is 6.04 Å². The summed E-state index contributed by atoms with van der Waals surface area (Å²) in [5.74, 6) is 0.391. The standard InChI is InChI=1S/C18H33NO2/c1-2-3-4-5-6-7-8-9-12-19-17-15-11-10-14(13-15)16(17)18(20)21/h14-17,19H,2-13H2,1H3,(H,20,21). The van der Waals surface area contributed by atoms with Gasteiger partial charge in [-0.3, -0.25) is 4.79 Å². The Morgan fingerprint density at radius 3 is 2.29 bits per heavy atom. The van der Waals surface area contributed by atoms with Crippen LogP contribution in [0, 0.1) is 17.8 Å². The maximum Gasteiger partial charge on any atom is 0.308 e. The summed E-state index contributed by atoms with van der Waals surface area (Å²) in [7, 11) is 0. The van der Waals surface area contributed by atoms with Gasteiger partial charge in [0.1, 0.15) is 0 Å². The van der Waals surface area contributed by atoms with Crippen molar-refractivity contribution in [2.24, 2.45) is 17.8 Å². The molecule has 4 unspecified atom stereocenters. The molecule has 0 aromatic heterocycles. The highest BCUT2D eigenvalue weighted by atomic mass is 16.4. The summed E-state index contributed by atoms with van der Waals surface area (Å²) in [6, 6.07) is 0.255. The first-order chi connectivity index (χ1) is 10.2. The molecule has 2 aliphatic carbocycles. The lowest BCUT2D eigenvalue weighted by molar-refractivity contribution is -0.144. The molecule has 0 saturated heterocycles. The number of rotatable bonds is 11. The molecule has 122 valence electrons. The fraction of sp³-hybridized carbons (Fsp3) is 0.944. The SMILES string of the molecule is CCCCCCCCCCNC1C2CCC(C2)C1C(=O)O. The molecule has 2 saturated carbocycles. The fourth-order valence-corrected chi connectivity index (χ4v) is 4.47. The molecule has 2 bridgehead atoms. The average molecular weight is 295 g/mol. The second kappa shape index (κ2) is 8.77. The van der Waals surface area contributed by atoms with Gasteiger partial charge in [-0.2, -0.15) is 0 Å². The van der Waals surface area contributed by atoms with Crippen molar-refractivity contribution < 1.29 is 9.90 Å². The Balaban J connectivity index is 1.53. The van der Waals surface area contributed by atoms with Crippen molar-refractivity contribution in [1.29, 1.82) is 0 Å². The largest absolute Gasteiger partial charge is 0.481 e. The molecule has 21 heavy (non-hydrogen) atoms. The van der Waals surface area contributed by atoms with Crippen LogP contribution in [-0.2, 0) is 4.79 Å². The maximum absolute atomic E-state index is 11.4. The van der Waals surface area contributed by atoms with Gasteiger partial charge in [0.25, 0.3) is 0 Å². The van der Waals surface area contributed by atoms with Crippen LogP contribution in [0.2, 0.25) is 0 Å². The smallest absolute Gasteiger partial charge is 0.308 e. The van der Waals surface area contributed by atoms with Gasteiger partial charge in [-0.25, -0.2) is 0 Å². The number of nitrogens with one attached hydrogen (secondary N) is 1. The summed E-state index contributed by atoms with van der Waals surface area (Å²) >= 11 is 0. The van der Waals surface area contributed by atoms with E-state index in [1.807, 2.05) is 0 Å². The van der Waals surface area contributed by atoms with Crippen molar-refractivity contribution in [3.63, 3.8) is 0 Å². The van der Waals surface area contributed by atoms with Crippen LogP contribution in [0.5, 0.6) is 0 Å². The molecule has 0 amide bonds. The van der Waals surface area contributed by atoms with Crippen molar-refractivity contribution in [2.45, 2.75) is 83.6 Å². The molecule has 2 aliphatic rings. The van der Waals surface area contributed by atoms with Crippen LogP contribution in [-0.4, -0.2) is 23.7 Å². The lowest BCUT2D eigenvalue weighted by Crippen LogP contribution is -2.44. The van der Waals surface area contributed by atoms with E-state index >= 15 is 0 Å². The third-order valence-corrected chi connectivity index (χ3v) is 5.61. The first kappa shape index (κ1) is 16.8. The van der Waals surface area contributed by atoms with Gasteiger partial charge in [-0.15, -0.1) is 0 Å². The van der Waals surface area contributed by atoms with Crippen LogP contribution in [0.15, 0.2) is 0 Å². The molecule has 2 N–H and O–H groups in total. The highest BCUT2D eigenvalue weighted by Gasteiger charge is 2.50. The number of carbonyl (C=O) groups is 1. The molecule has 0 heterocycles. The van der Waals surface area contributed by atoms with Crippen LogP contribution in [0.25, 0.3) is 0 Å². The van der Waals surface area contributed by atoms with E-state index < -0.39 is 5.97 Å². The summed E-state index contributed by atoms with van der Waals surface area (Å²) in [5, 5.41) is 13.0. The van der Waals surface area contributed by atoms with Gasteiger partial charge >= 0.3 is 5.97 Å². The van der Waals surface area contributed by atoms with Crippen LogP contribution in [0.3, 0.4) is 0 Å². The van der Waals surface area contributed by atoms with Crippen LogP contribution in [0.1, 0.15) is 77.6 Å². The highest BCUT2D eigenvalue weighted by molar-refractivity contribution is 5.72. The molecule has 3 heteroatoms. The first-order valence-corrected chi connectivity index (χ1v) is 9.20. The molecule has 0 aromatic carbocycles. The predicted molar refractivity (Wildman–Crippen MR) is 86.4 cm³/mol. The van der Waals surface area contributed by atoms with Crippen molar-refractivity contribution in [3.05, 3.63) is 0 Å². The molecule has 2 rings (SSSR count). The molecule has 0 aromatic rings. The van der Waals surface area contributed by atoms with Gasteiger partial charge in [0.2, 0.25) is 0 Å². The van der Waals surface area contributed by atoms with Gasteiger partial charge in [-0.1, -0.05) is 51.9 Å². The number of unbranched alkanes of at least 4 members (excludes halogenated alkanes) is 7. The zero-order chi connectivity index (χ0) is 15.1. The first-order valence-electron chi connectivity index (χ1n) is 9.20. The third-order valence-electron chi connectivity index (χ3n) is 5.61. The minimum Gasteiger partial charge on any atom is -0.481 e. The Kier molecular flexibility index (Phi) is 7.01. The summed E-state index contributed by atoms with van der Waals surface area (Å²) in [5.41, 5.74) is 0. The number of hydrogen-bond acceptors (Lipinski definition) is 2. The normalized spacial score (nSPS) is 30.9. The van der Waals surface area contributed by atoms with Gasteiger partial charge < -0.3 is 10.4 Å². The number of carboxylic acids is 1. The predicted octanol–water partition coefficient (Wildman–Crippen LogP) is 4.22. The van der Waals surface area contributed by atoms with Crippen LogP contribution < -0.4 is 5.32 Å². The molecule has 0 radical (unpaired) electrons. The average Bonchev–Trinajstić information content (AvgIpc) is 3.06. The molecular formula is C18H33NO2. The number of aliphatic carboxylic acids is 1. The van der Waals surface area contributed by atoms with Crippen molar-refractivity contribution in [3.8, 4) is 0 Å². The second-order valence-electron chi connectivity index (χ2n) is 7.15. The Labute approximate surface area is 129 Å². The number of carboxylic acid groups (broad SMARTS) is 1. The van der Waals surface area contributed by atoms with E-state index in [1.54, 1.807) is 0 Å². The summed E-state index contributed by atoms with van der Waals surface area (Å²) in [4.78, 5) is 11.4. The van der Waals surface area contributed by atoms with E-state index in [2.05, 4.69) is 12.2 Å². The van der Waals surface area contributed by atoms with E-state index in [9.17, 15) is 9.90 Å². The summed E-state index contributed by atoms with van der Waals surface area (Å²) in [6.07, 6.45) is 14.2. The number of hydrogen-bond donors (Lipinski definition) is 2. The van der Waals surface area contributed by atoms with Crippen LogP contribution >= 0.6 is 0 Å². The van der Waals surface area contributed by atoms with E-state index in [4.69, 9.17) is 0 Å². The fourth-order valence-electron chi connectivity index (χ4n) is 4.47. The molecule has 3 nitrogen and oxygen atoms in total. The van der Waals surface area contributed by atoms with E-state index in [-0.39, 0.29) is 12.0 Å². The lowest BCUT2D eigenvalue weighted by Gasteiger charge is -2.29. The maximum atomic E-state index is 11.4. The highest BCUT2D eigenvalue weighted by Crippen LogP contribution is 2.48. The van der Waals surface area contributed by atoms with Crippen molar-refractivity contribution in [1.82, 2.24) is 5.32 Å². The topological polar surface area (TPSA) is 49.3 Å². The molecule has 4 atom stereocenters. The van der Waals surface area contributed by atoms with Crippen molar-refractivity contribution in [2.75, 3.05) is 6.54 Å². The monoisotopic (exact) mass is 295 g/mol. The quantitative estimate of drug-likeness (QED) is 0.561. The summed E-state index contributed by atoms with van der Waals surface area (Å²) < 4.78 is 0. The Bertz CT molecular complexity index is 318. The number of fused-ring (bicyclic) bond motifs is 2. The third kappa shape index (κ3) is 4.70. The molecule has 2 fully saturated rings. The minimum absolute atomic E-state index is 0.113. The van der Waals surface area contributed by atoms with E-state index in [0.717, 1.165) is 19.4 Å². The van der Waals surface area contributed by atoms with Crippen molar-refractivity contribution >= 4 is 5.97 Å². The molecule has 0 aliphatic heterocycles. The van der Waals surface area contributed by atoms with E-state index in [0.29, 0.717) is 11.8 Å². The summed E-state index contributed by atoms with van der Waals surface area (Å²) in [6.45, 7) is 3.26. The minimum atomic E-state index is -0.573. The van der Waals surface area contributed by atoms with Gasteiger partial charge in [0.15, 0.2) is 0 Å². The zero-order valence-corrected chi connectivity index (χ0v) is 13.7. The van der Waals surface area contributed by atoms with E-state index in [1.165, 1.54) is 57.8 Å². The van der Waals surface area contributed by atoms with Gasteiger partial charge in [-0.05, 0) is 44.1 Å². The second-order valence-corrected chi connectivity index (χ2v) is 7.15. The van der Waals surface area contributed by atoms with Gasteiger partial charge in [0.05, 0.1) is 5.92 Å². The zero-order valence-electron chi connectivity index (χ0n) is 13.7. The Morgan fingerprint density at radius 1 is 1.00 bits per heavy atom. The Morgan fingerprint density at radius 2 is 1.62 bits per heavy atom.